The monoisotopic (exact) mass is 312 g/mol. The molecule has 2 aliphatic heterocycles. The van der Waals surface area contributed by atoms with Crippen LogP contribution < -0.4 is 9.80 Å². The van der Waals surface area contributed by atoms with Crippen molar-refractivity contribution in [2.75, 3.05) is 48.0 Å². The van der Waals surface area contributed by atoms with Crippen molar-refractivity contribution in [3.8, 4) is 0 Å². The van der Waals surface area contributed by atoms with Gasteiger partial charge in [-0.15, -0.1) is 0 Å². The maximum absolute atomic E-state index is 13.6. The minimum atomic E-state index is -2.86. The number of nitrogens with zero attached hydrogens (tertiary/aromatic N) is 2. The fraction of sp³-hybridized carbons (Fsp3) is 0.600. The Labute approximate surface area is 125 Å². The normalized spacial score (nSPS) is 24.8. The molecule has 1 unspecified atom stereocenters. The van der Waals surface area contributed by atoms with Crippen LogP contribution in [-0.4, -0.2) is 46.6 Å². The molecule has 1 aromatic rings. The van der Waals surface area contributed by atoms with E-state index >= 15 is 0 Å². The third-order valence-corrected chi connectivity index (χ3v) is 6.25. The molecule has 6 heteroatoms. The Hall–Kier alpha value is -1.30. The predicted octanol–water partition coefficient (Wildman–Crippen LogP) is 1.91. The van der Waals surface area contributed by atoms with Gasteiger partial charge in [0.05, 0.1) is 22.9 Å². The van der Waals surface area contributed by atoms with E-state index in [2.05, 4.69) is 9.80 Å². The summed E-state index contributed by atoms with van der Waals surface area (Å²) in [4.78, 5) is 4.30. The van der Waals surface area contributed by atoms with Crippen LogP contribution in [0.3, 0.4) is 0 Å². The highest BCUT2D eigenvalue weighted by molar-refractivity contribution is 7.91. The zero-order valence-electron chi connectivity index (χ0n) is 12.3. The minimum absolute atomic E-state index is 0.162. The van der Waals surface area contributed by atoms with Crippen LogP contribution in [0.4, 0.5) is 15.8 Å². The summed E-state index contributed by atoms with van der Waals surface area (Å²) < 4.78 is 36.9. The quantitative estimate of drug-likeness (QED) is 0.836. The molecular formula is C15H21FN2O2S. The maximum Gasteiger partial charge on any atom is 0.150 e. The number of sulfone groups is 1. The molecule has 2 heterocycles. The molecule has 2 aliphatic rings. The molecule has 0 bridgehead atoms. The molecule has 0 saturated carbocycles. The van der Waals surface area contributed by atoms with Gasteiger partial charge in [0.25, 0.3) is 0 Å². The summed E-state index contributed by atoms with van der Waals surface area (Å²) >= 11 is 0. The lowest BCUT2D eigenvalue weighted by molar-refractivity contribution is 0.562. The van der Waals surface area contributed by atoms with Gasteiger partial charge in [-0.1, -0.05) is 0 Å². The van der Waals surface area contributed by atoms with Crippen LogP contribution in [0.1, 0.15) is 12.8 Å². The average molecular weight is 312 g/mol. The molecule has 1 fully saturated rings. The van der Waals surface area contributed by atoms with Crippen molar-refractivity contribution in [1.82, 2.24) is 0 Å². The van der Waals surface area contributed by atoms with Gasteiger partial charge in [0.15, 0.2) is 9.84 Å². The summed E-state index contributed by atoms with van der Waals surface area (Å²) in [6.45, 7) is 2.47. The first-order valence-electron chi connectivity index (χ1n) is 7.41. The van der Waals surface area contributed by atoms with Gasteiger partial charge in [0.1, 0.15) is 5.82 Å². The Bertz CT molecular complexity index is 633. The Kier molecular flexibility index (Phi) is 3.82. The number of fused-ring (bicyclic) bond motifs is 1. The van der Waals surface area contributed by atoms with E-state index in [9.17, 15) is 12.8 Å². The second-order valence-electron chi connectivity index (χ2n) is 6.12. The second-order valence-corrected chi connectivity index (χ2v) is 8.35. The molecule has 1 aromatic carbocycles. The Morgan fingerprint density at radius 2 is 2.10 bits per heavy atom. The first-order chi connectivity index (χ1) is 9.94. The summed E-state index contributed by atoms with van der Waals surface area (Å²) in [7, 11) is -0.849. The topological polar surface area (TPSA) is 40.6 Å². The smallest absolute Gasteiger partial charge is 0.150 e. The van der Waals surface area contributed by atoms with Crippen molar-refractivity contribution in [3.63, 3.8) is 0 Å². The van der Waals surface area contributed by atoms with E-state index in [4.69, 9.17) is 0 Å². The molecule has 0 aliphatic carbocycles. The molecule has 116 valence electrons. The first-order valence-corrected chi connectivity index (χ1v) is 9.23. The van der Waals surface area contributed by atoms with Gasteiger partial charge in [-0.2, -0.15) is 0 Å². The average Bonchev–Trinajstić information content (AvgIpc) is 2.68. The van der Waals surface area contributed by atoms with Crippen molar-refractivity contribution >= 4 is 21.2 Å². The summed E-state index contributed by atoms with van der Waals surface area (Å²) in [5, 5.41) is 0. The number of hydrogen-bond donors (Lipinski definition) is 0. The molecule has 3 rings (SSSR count). The van der Waals surface area contributed by atoms with Crippen LogP contribution in [-0.2, 0) is 9.84 Å². The number of halogens is 1. The maximum atomic E-state index is 13.6. The molecule has 0 amide bonds. The Morgan fingerprint density at radius 1 is 1.29 bits per heavy atom. The third kappa shape index (κ3) is 3.15. The predicted molar refractivity (Wildman–Crippen MR) is 83.3 cm³/mol. The van der Waals surface area contributed by atoms with Crippen molar-refractivity contribution < 1.29 is 12.8 Å². The lowest BCUT2D eigenvalue weighted by Gasteiger charge is -2.28. The largest absolute Gasteiger partial charge is 0.373 e. The molecule has 0 N–H and O–H groups in total. The van der Waals surface area contributed by atoms with Crippen molar-refractivity contribution in [2.24, 2.45) is 5.92 Å². The second kappa shape index (κ2) is 5.48. The van der Waals surface area contributed by atoms with E-state index in [0.29, 0.717) is 12.3 Å². The molecule has 1 saturated heterocycles. The van der Waals surface area contributed by atoms with Crippen molar-refractivity contribution in [3.05, 3.63) is 24.0 Å². The van der Waals surface area contributed by atoms with Crippen LogP contribution >= 0.6 is 0 Å². The molecule has 4 nitrogen and oxygen atoms in total. The number of hydrogen-bond acceptors (Lipinski definition) is 4. The number of anilines is 2. The number of rotatable bonds is 2. The fourth-order valence-corrected chi connectivity index (χ4v) is 5.18. The molecule has 1 atom stereocenters. The summed E-state index contributed by atoms with van der Waals surface area (Å²) in [5.74, 6) is 0.480. The van der Waals surface area contributed by atoms with Gasteiger partial charge < -0.3 is 9.80 Å². The van der Waals surface area contributed by atoms with Crippen LogP contribution in [0, 0.1) is 11.7 Å². The standard InChI is InChI=1S/C15H21FN2O2S/c1-17-6-2-7-18(10-12-5-8-21(19,20)11-12)15-9-13(16)3-4-14(15)17/h3-4,9,12H,2,5-8,10-11H2,1H3. The SMILES string of the molecule is CN1CCCN(CC2CCS(=O)(=O)C2)c2cc(F)ccc21. The van der Waals surface area contributed by atoms with E-state index in [1.807, 2.05) is 13.1 Å². The van der Waals surface area contributed by atoms with Crippen molar-refractivity contribution in [1.29, 1.82) is 0 Å². The van der Waals surface area contributed by atoms with Gasteiger partial charge >= 0.3 is 0 Å². The van der Waals surface area contributed by atoms with Gasteiger partial charge in [0.2, 0.25) is 0 Å². The molecule has 21 heavy (non-hydrogen) atoms. The number of benzene rings is 1. The van der Waals surface area contributed by atoms with Gasteiger partial charge in [-0.05, 0) is 37.0 Å². The van der Waals surface area contributed by atoms with Gasteiger partial charge in [-0.25, -0.2) is 12.8 Å². The summed E-state index contributed by atoms with van der Waals surface area (Å²) in [6.07, 6.45) is 1.71. The first kappa shape index (κ1) is 14.6. The summed E-state index contributed by atoms with van der Waals surface area (Å²) in [5.41, 5.74) is 1.91. The molecule has 0 radical (unpaired) electrons. The highest BCUT2D eigenvalue weighted by Crippen LogP contribution is 2.33. The zero-order chi connectivity index (χ0) is 15.0. The van der Waals surface area contributed by atoms with E-state index < -0.39 is 9.84 Å². The summed E-state index contributed by atoms with van der Waals surface area (Å²) in [6, 6.07) is 4.87. The van der Waals surface area contributed by atoms with Gasteiger partial charge in [-0.3, -0.25) is 0 Å². The third-order valence-electron chi connectivity index (χ3n) is 4.42. The van der Waals surface area contributed by atoms with Crippen LogP contribution in [0.2, 0.25) is 0 Å². The lowest BCUT2D eigenvalue weighted by Crippen LogP contribution is -2.30. The Balaban J connectivity index is 1.85. The van der Waals surface area contributed by atoms with E-state index in [1.165, 1.54) is 6.07 Å². The van der Waals surface area contributed by atoms with E-state index in [-0.39, 0.29) is 17.5 Å². The molecule has 0 aromatic heterocycles. The van der Waals surface area contributed by atoms with Crippen molar-refractivity contribution in [2.45, 2.75) is 12.8 Å². The zero-order valence-corrected chi connectivity index (χ0v) is 13.1. The Morgan fingerprint density at radius 3 is 2.81 bits per heavy atom. The van der Waals surface area contributed by atoms with Crippen LogP contribution in [0.25, 0.3) is 0 Å². The lowest BCUT2D eigenvalue weighted by atomic mass is 10.1. The molecular weight excluding hydrogens is 291 g/mol. The van der Waals surface area contributed by atoms with Gasteiger partial charge in [0, 0.05) is 26.7 Å². The van der Waals surface area contributed by atoms with Crippen LogP contribution in [0.15, 0.2) is 18.2 Å². The fourth-order valence-electron chi connectivity index (χ4n) is 3.33. The van der Waals surface area contributed by atoms with E-state index in [0.717, 1.165) is 37.3 Å². The molecule has 0 spiro atoms. The minimum Gasteiger partial charge on any atom is -0.373 e. The highest BCUT2D eigenvalue weighted by atomic mass is 32.2. The van der Waals surface area contributed by atoms with Crippen LogP contribution in [0.5, 0.6) is 0 Å². The van der Waals surface area contributed by atoms with E-state index in [1.54, 1.807) is 6.07 Å². The highest BCUT2D eigenvalue weighted by Gasteiger charge is 2.30.